The molecule has 0 bridgehead atoms. The van der Waals surface area contributed by atoms with E-state index < -0.39 is 0 Å². The summed E-state index contributed by atoms with van der Waals surface area (Å²) in [5.74, 6) is 0.951. The molecule has 4 heteroatoms. The highest BCUT2D eigenvalue weighted by molar-refractivity contribution is 5.35. The summed E-state index contributed by atoms with van der Waals surface area (Å²) in [7, 11) is 2.00. The lowest BCUT2D eigenvalue weighted by atomic mass is 10.1. The molecule has 2 aromatic rings. The van der Waals surface area contributed by atoms with Gasteiger partial charge in [0.25, 0.3) is 0 Å². The van der Waals surface area contributed by atoms with Gasteiger partial charge in [0.2, 0.25) is 0 Å². The predicted octanol–water partition coefficient (Wildman–Crippen LogP) is 3.06. The van der Waals surface area contributed by atoms with E-state index in [0.29, 0.717) is 0 Å². The van der Waals surface area contributed by atoms with Crippen molar-refractivity contribution < 1.29 is 4.74 Å². The van der Waals surface area contributed by atoms with Gasteiger partial charge < -0.3 is 14.6 Å². The van der Waals surface area contributed by atoms with Crippen LogP contribution in [0.2, 0.25) is 0 Å². The second-order valence-corrected chi connectivity index (χ2v) is 5.30. The third kappa shape index (κ3) is 3.61. The zero-order valence-corrected chi connectivity index (χ0v) is 12.6. The fourth-order valence-corrected chi connectivity index (χ4v) is 2.12. The van der Waals surface area contributed by atoms with Crippen LogP contribution in [0, 0.1) is 0 Å². The Morgan fingerprint density at radius 3 is 2.65 bits per heavy atom. The molecule has 1 N–H and O–H groups in total. The van der Waals surface area contributed by atoms with Crippen molar-refractivity contribution in [2.24, 2.45) is 7.05 Å². The van der Waals surface area contributed by atoms with Crippen LogP contribution in [0.25, 0.3) is 0 Å². The summed E-state index contributed by atoms with van der Waals surface area (Å²) in [6.45, 7) is 7.03. The average Bonchev–Trinajstić information content (AvgIpc) is 2.81. The lowest BCUT2D eigenvalue weighted by Crippen LogP contribution is -2.20. The van der Waals surface area contributed by atoms with Gasteiger partial charge in [-0.1, -0.05) is 18.2 Å². The van der Waals surface area contributed by atoms with Crippen LogP contribution in [0.15, 0.2) is 36.8 Å². The summed E-state index contributed by atoms with van der Waals surface area (Å²) in [5.41, 5.74) is 2.35. The molecule has 0 aliphatic rings. The molecule has 1 atom stereocenters. The van der Waals surface area contributed by atoms with Crippen molar-refractivity contribution in [3.8, 4) is 5.75 Å². The molecule has 1 aromatic carbocycles. The van der Waals surface area contributed by atoms with Gasteiger partial charge in [-0.15, -0.1) is 0 Å². The second-order valence-electron chi connectivity index (χ2n) is 5.30. The topological polar surface area (TPSA) is 39.1 Å². The minimum atomic E-state index is 0.181. The van der Waals surface area contributed by atoms with Crippen LogP contribution in [0.5, 0.6) is 5.75 Å². The Bertz CT molecular complexity index is 548. The van der Waals surface area contributed by atoms with Crippen molar-refractivity contribution in [2.45, 2.75) is 39.5 Å². The van der Waals surface area contributed by atoms with E-state index >= 15 is 0 Å². The number of aryl methyl sites for hydroxylation is 1. The van der Waals surface area contributed by atoms with Crippen molar-refractivity contribution in [1.82, 2.24) is 14.9 Å². The van der Waals surface area contributed by atoms with Crippen LogP contribution in [0.1, 0.15) is 38.1 Å². The number of para-hydroxylation sites is 1. The zero-order chi connectivity index (χ0) is 14.5. The highest BCUT2D eigenvalue weighted by atomic mass is 16.5. The summed E-state index contributed by atoms with van der Waals surface area (Å²) in [4.78, 5) is 4.13. The molecule has 0 aliphatic carbocycles. The monoisotopic (exact) mass is 273 g/mol. The maximum Gasteiger partial charge on any atom is 0.124 e. The Kier molecular flexibility index (Phi) is 4.79. The highest BCUT2D eigenvalue weighted by Gasteiger charge is 2.12. The van der Waals surface area contributed by atoms with E-state index in [1.807, 2.05) is 56.2 Å². The fourth-order valence-electron chi connectivity index (χ4n) is 2.12. The molecule has 4 nitrogen and oxygen atoms in total. The number of nitrogens with one attached hydrogen (secondary N) is 1. The van der Waals surface area contributed by atoms with E-state index in [-0.39, 0.29) is 12.1 Å². The van der Waals surface area contributed by atoms with Gasteiger partial charge in [-0.3, -0.25) is 0 Å². The number of nitrogens with zero attached hydrogens (tertiary/aromatic N) is 2. The van der Waals surface area contributed by atoms with E-state index in [2.05, 4.69) is 23.3 Å². The number of hydrogen-bond acceptors (Lipinski definition) is 3. The fraction of sp³-hybridized carbons (Fsp3) is 0.438. The first-order chi connectivity index (χ1) is 9.58. The Balaban J connectivity index is 2.05. The van der Waals surface area contributed by atoms with Crippen LogP contribution in [0.3, 0.4) is 0 Å². The first-order valence-corrected chi connectivity index (χ1v) is 7.02. The molecule has 2 rings (SSSR count). The Morgan fingerprint density at radius 2 is 2.00 bits per heavy atom. The zero-order valence-electron chi connectivity index (χ0n) is 12.6. The SMILES string of the molecule is CC(C)Oc1ccccc1C(C)NCc1cncn1C. The Hall–Kier alpha value is -1.81. The molecule has 1 unspecified atom stereocenters. The summed E-state index contributed by atoms with van der Waals surface area (Å²) in [6, 6.07) is 8.41. The summed E-state index contributed by atoms with van der Waals surface area (Å²) >= 11 is 0. The number of imidazole rings is 1. The number of rotatable bonds is 6. The smallest absolute Gasteiger partial charge is 0.124 e. The normalized spacial score (nSPS) is 12.7. The van der Waals surface area contributed by atoms with E-state index in [1.54, 1.807) is 0 Å². The van der Waals surface area contributed by atoms with Crippen LogP contribution in [-0.2, 0) is 13.6 Å². The first kappa shape index (κ1) is 14.6. The van der Waals surface area contributed by atoms with Gasteiger partial charge in [-0.25, -0.2) is 4.98 Å². The number of benzene rings is 1. The molecule has 0 saturated carbocycles. The maximum absolute atomic E-state index is 5.87. The van der Waals surface area contributed by atoms with Gasteiger partial charge in [-0.05, 0) is 26.8 Å². The number of ether oxygens (including phenoxy) is 1. The second kappa shape index (κ2) is 6.57. The molecule has 1 heterocycles. The predicted molar refractivity (Wildman–Crippen MR) is 80.7 cm³/mol. The van der Waals surface area contributed by atoms with Crippen molar-refractivity contribution in [3.05, 3.63) is 48.0 Å². The van der Waals surface area contributed by atoms with Crippen molar-refractivity contribution in [1.29, 1.82) is 0 Å². The summed E-state index contributed by atoms with van der Waals surface area (Å²) in [5, 5.41) is 3.51. The largest absolute Gasteiger partial charge is 0.491 e. The molecule has 0 saturated heterocycles. The average molecular weight is 273 g/mol. The van der Waals surface area contributed by atoms with E-state index in [1.165, 1.54) is 11.3 Å². The third-order valence-corrected chi connectivity index (χ3v) is 3.25. The molecule has 0 fully saturated rings. The number of hydrogen-bond donors (Lipinski definition) is 1. The molecular formula is C16H23N3O. The van der Waals surface area contributed by atoms with Crippen LogP contribution in [-0.4, -0.2) is 15.7 Å². The van der Waals surface area contributed by atoms with Crippen LogP contribution in [0.4, 0.5) is 0 Å². The van der Waals surface area contributed by atoms with E-state index in [9.17, 15) is 0 Å². The van der Waals surface area contributed by atoms with Gasteiger partial charge in [0.05, 0.1) is 18.1 Å². The van der Waals surface area contributed by atoms with Gasteiger partial charge in [0.1, 0.15) is 5.75 Å². The lowest BCUT2D eigenvalue weighted by molar-refractivity contribution is 0.238. The van der Waals surface area contributed by atoms with Crippen molar-refractivity contribution in [2.75, 3.05) is 0 Å². The lowest BCUT2D eigenvalue weighted by Gasteiger charge is -2.20. The maximum atomic E-state index is 5.87. The van der Waals surface area contributed by atoms with Gasteiger partial charge in [-0.2, -0.15) is 0 Å². The molecule has 0 radical (unpaired) electrons. The molecule has 0 amide bonds. The van der Waals surface area contributed by atoms with Crippen LogP contribution >= 0.6 is 0 Å². The number of aromatic nitrogens is 2. The van der Waals surface area contributed by atoms with Crippen LogP contribution < -0.4 is 10.1 Å². The molecular weight excluding hydrogens is 250 g/mol. The Morgan fingerprint density at radius 1 is 1.25 bits per heavy atom. The van der Waals surface area contributed by atoms with Gasteiger partial charge in [0.15, 0.2) is 0 Å². The standard InChI is InChI=1S/C16H23N3O/c1-12(2)20-16-8-6-5-7-15(16)13(3)18-10-14-9-17-11-19(14)4/h5-9,11-13,18H,10H2,1-4H3. The molecule has 108 valence electrons. The van der Waals surface area contributed by atoms with E-state index in [4.69, 9.17) is 4.74 Å². The van der Waals surface area contributed by atoms with Crippen molar-refractivity contribution in [3.63, 3.8) is 0 Å². The van der Waals surface area contributed by atoms with E-state index in [0.717, 1.165) is 12.3 Å². The molecule has 0 aliphatic heterocycles. The third-order valence-electron chi connectivity index (χ3n) is 3.25. The molecule has 20 heavy (non-hydrogen) atoms. The quantitative estimate of drug-likeness (QED) is 0.879. The first-order valence-electron chi connectivity index (χ1n) is 7.02. The van der Waals surface area contributed by atoms with Gasteiger partial charge in [0, 0.05) is 31.4 Å². The summed E-state index contributed by atoms with van der Waals surface area (Å²) < 4.78 is 7.89. The minimum Gasteiger partial charge on any atom is -0.491 e. The highest BCUT2D eigenvalue weighted by Crippen LogP contribution is 2.25. The van der Waals surface area contributed by atoms with Gasteiger partial charge >= 0.3 is 0 Å². The van der Waals surface area contributed by atoms with Crippen molar-refractivity contribution >= 4 is 0 Å². The molecule has 0 spiro atoms. The minimum absolute atomic E-state index is 0.181. The molecule has 1 aromatic heterocycles. The summed E-state index contributed by atoms with van der Waals surface area (Å²) in [6.07, 6.45) is 3.88. The Labute approximate surface area is 120 Å².